The zero-order chi connectivity index (χ0) is 38.5. The van der Waals surface area contributed by atoms with Crippen LogP contribution in [-0.2, 0) is 5.41 Å². The Morgan fingerprint density at radius 3 is 1.48 bits per heavy atom. The molecule has 0 heterocycles. The molecule has 0 bridgehead atoms. The van der Waals surface area contributed by atoms with E-state index in [0.717, 1.165) is 17.1 Å². The van der Waals surface area contributed by atoms with Gasteiger partial charge in [-0.1, -0.05) is 206 Å². The summed E-state index contributed by atoms with van der Waals surface area (Å²) in [6, 6.07) is 86.9. The van der Waals surface area contributed by atoms with Crippen molar-refractivity contribution in [1.82, 2.24) is 0 Å². The molecule has 0 unspecified atom stereocenters. The van der Waals surface area contributed by atoms with Crippen LogP contribution in [0, 0.1) is 0 Å². The SMILES string of the molecule is c1ccc(-c2cccc(-c3c(N(c4ccccc4)c4ccc5c(c4)C(c4ccccc4)(c4ccccc4)c4ccccc4-5)c4ccccc4c4ccccc34)c2)cc1. The highest BCUT2D eigenvalue weighted by Crippen LogP contribution is 2.58. The fourth-order valence-corrected chi connectivity index (χ4v) is 9.69. The first-order valence-electron chi connectivity index (χ1n) is 20.1. The van der Waals surface area contributed by atoms with Gasteiger partial charge in [0.2, 0.25) is 0 Å². The minimum atomic E-state index is -0.523. The second kappa shape index (κ2) is 13.9. The lowest BCUT2D eigenvalue weighted by Crippen LogP contribution is -2.28. The second-order valence-corrected chi connectivity index (χ2v) is 15.2. The Bertz CT molecular complexity index is 3060. The highest BCUT2D eigenvalue weighted by Gasteiger charge is 2.46. The third-order valence-electron chi connectivity index (χ3n) is 12.1. The summed E-state index contributed by atoms with van der Waals surface area (Å²) in [6.45, 7) is 0. The molecule has 0 spiro atoms. The molecule has 0 saturated heterocycles. The van der Waals surface area contributed by atoms with Crippen molar-refractivity contribution in [3.63, 3.8) is 0 Å². The van der Waals surface area contributed by atoms with Gasteiger partial charge in [0.25, 0.3) is 0 Å². The van der Waals surface area contributed by atoms with Gasteiger partial charge in [-0.3, -0.25) is 0 Å². The van der Waals surface area contributed by atoms with E-state index in [9.17, 15) is 0 Å². The van der Waals surface area contributed by atoms with Gasteiger partial charge in [-0.25, -0.2) is 0 Å². The number of para-hydroxylation sites is 1. The van der Waals surface area contributed by atoms with Crippen molar-refractivity contribution in [2.45, 2.75) is 5.41 Å². The summed E-state index contributed by atoms with van der Waals surface area (Å²) < 4.78 is 0. The summed E-state index contributed by atoms with van der Waals surface area (Å²) in [4.78, 5) is 2.52. The van der Waals surface area contributed by atoms with E-state index in [1.165, 1.54) is 77.2 Å². The molecule has 11 rings (SSSR count). The molecule has 10 aromatic rings. The van der Waals surface area contributed by atoms with Crippen LogP contribution in [0.1, 0.15) is 22.3 Å². The predicted octanol–water partition coefficient (Wildman–Crippen LogP) is 15.2. The first-order chi connectivity index (χ1) is 28.8. The van der Waals surface area contributed by atoms with E-state index in [0.29, 0.717) is 0 Å². The smallest absolute Gasteiger partial charge is 0.0714 e. The fraction of sp³-hybridized carbons (Fsp3) is 0.0175. The van der Waals surface area contributed by atoms with Crippen molar-refractivity contribution in [1.29, 1.82) is 0 Å². The number of fused-ring (bicyclic) bond motifs is 6. The molecule has 0 N–H and O–H groups in total. The van der Waals surface area contributed by atoms with Crippen LogP contribution in [0.4, 0.5) is 17.1 Å². The molecule has 0 aliphatic heterocycles. The number of hydrogen-bond donors (Lipinski definition) is 0. The highest BCUT2D eigenvalue weighted by molar-refractivity contribution is 6.22. The van der Waals surface area contributed by atoms with Crippen LogP contribution >= 0.6 is 0 Å². The van der Waals surface area contributed by atoms with Crippen molar-refractivity contribution in [2.75, 3.05) is 4.90 Å². The van der Waals surface area contributed by atoms with E-state index >= 15 is 0 Å². The molecule has 0 aromatic heterocycles. The van der Waals surface area contributed by atoms with Gasteiger partial charge < -0.3 is 4.90 Å². The largest absolute Gasteiger partial charge is 0.309 e. The molecule has 0 fully saturated rings. The zero-order valence-electron chi connectivity index (χ0n) is 32.0. The van der Waals surface area contributed by atoms with Gasteiger partial charge in [-0.05, 0) is 96.6 Å². The summed E-state index contributed by atoms with van der Waals surface area (Å²) in [5, 5.41) is 4.89. The van der Waals surface area contributed by atoms with E-state index < -0.39 is 5.41 Å². The Balaban J connectivity index is 1.26. The van der Waals surface area contributed by atoms with Gasteiger partial charge in [0.15, 0.2) is 0 Å². The van der Waals surface area contributed by atoms with Crippen LogP contribution in [0.2, 0.25) is 0 Å². The lowest BCUT2D eigenvalue weighted by atomic mass is 9.67. The molecule has 0 atom stereocenters. The molecule has 1 aliphatic carbocycles. The maximum atomic E-state index is 2.52. The van der Waals surface area contributed by atoms with Crippen LogP contribution in [0.25, 0.3) is 54.9 Å². The molecule has 1 aliphatic rings. The minimum Gasteiger partial charge on any atom is -0.309 e. The summed E-state index contributed by atoms with van der Waals surface area (Å²) in [5.41, 5.74) is 15.3. The number of anilines is 3. The Hall–Kier alpha value is -7.48. The average molecular weight is 738 g/mol. The summed E-state index contributed by atoms with van der Waals surface area (Å²) in [6.07, 6.45) is 0. The van der Waals surface area contributed by atoms with Crippen LogP contribution in [-0.4, -0.2) is 0 Å². The molecular formula is C57H39N. The number of rotatable bonds is 7. The van der Waals surface area contributed by atoms with Gasteiger partial charge in [-0.15, -0.1) is 0 Å². The highest BCUT2D eigenvalue weighted by atomic mass is 15.1. The maximum absolute atomic E-state index is 2.52. The molecular weight excluding hydrogens is 699 g/mol. The molecule has 0 amide bonds. The fourth-order valence-electron chi connectivity index (χ4n) is 9.69. The molecule has 0 saturated carbocycles. The first-order valence-corrected chi connectivity index (χ1v) is 20.1. The zero-order valence-corrected chi connectivity index (χ0v) is 32.0. The van der Waals surface area contributed by atoms with Crippen LogP contribution < -0.4 is 4.90 Å². The standard InChI is InChI=1S/C57H39N/c1-5-20-40(21-6-1)41-22-19-23-42(38-41)55-51-33-15-13-30-47(51)48-31-14-16-34-52(48)56(55)58(45-28-11-4-12-29-45)46-36-37-50-49-32-17-18-35-53(49)57(54(50)39-46,43-24-7-2-8-25-43)44-26-9-3-10-27-44/h1-39H. The van der Waals surface area contributed by atoms with E-state index in [1.807, 2.05) is 0 Å². The van der Waals surface area contributed by atoms with Gasteiger partial charge in [-0.2, -0.15) is 0 Å². The summed E-state index contributed by atoms with van der Waals surface area (Å²) in [5.74, 6) is 0. The second-order valence-electron chi connectivity index (χ2n) is 15.2. The van der Waals surface area contributed by atoms with E-state index in [4.69, 9.17) is 0 Å². The lowest BCUT2D eigenvalue weighted by Gasteiger charge is -2.35. The van der Waals surface area contributed by atoms with Gasteiger partial charge >= 0.3 is 0 Å². The number of hydrogen-bond acceptors (Lipinski definition) is 1. The Kier molecular flexibility index (Phi) is 8.12. The lowest BCUT2D eigenvalue weighted by molar-refractivity contribution is 0.768. The van der Waals surface area contributed by atoms with Gasteiger partial charge in [0.1, 0.15) is 0 Å². The third-order valence-corrected chi connectivity index (χ3v) is 12.1. The normalized spacial score (nSPS) is 12.6. The summed E-state index contributed by atoms with van der Waals surface area (Å²) in [7, 11) is 0. The molecule has 10 aromatic carbocycles. The number of benzene rings is 10. The molecule has 0 radical (unpaired) electrons. The average Bonchev–Trinajstić information content (AvgIpc) is 3.61. The maximum Gasteiger partial charge on any atom is 0.0714 e. The van der Waals surface area contributed by atoms with Crippen molar-refractivity contribution in [3.8, 4) is 33.4 Å². The van der Waals surface area contributed by atoms with Gasteiger partial charge in [0.05, 0.1) is 11.1 Å². The Morgan fingerprint density at radius 2 is 0.793 bits per heavy atom. The van der Waals surface area contributed by atoms with Crippen molar-refractivity contribution < 1.29 is 0 Å². The van der Waals surface area contributed by atoms with Gasteiger partial charge in [0, 0.05) is 22.3 Å². The minimum absolute atomic E-state index is 0.523. The molecule has 1 heteroatoms. The Labute approximate surface area is 339 Å². The predicted molar refractivity (Wildman–Crippen MR) is 244 cm³/mol. The monoisotopic (exact) mass is 737 g/mol. The van der Waals surface area contributed by atoms with Crippen molar-refractivity contribution in [2.24, 2.45) is 0 Å². The van der Waals surface area contributed by atoms with Crippen LogP contribution in [0.3, 0.4) is 0 Å². The molecule has 58 heavy (non-hydrogen) atoms. The topological polar surface area (TPSA) is 3.24 Å². The van der Waals surface area contributed by atoms with Crippen molar-refractivity contribution in [3.05, 3.63) is 259 Å². The summed E-state index contributed by atoms with van der Waals surface area (Å²) >= 11 is 0. The Morgan fingerprint density at radius 1 is 0.293 bits per heavy atom. The molecule has 272 valence electrons. The third kappa shape index (κ3) is 5.25. The van der Waals surface area contributed by atoms with E-state index in [2.05, 4.69) is 241 Å². The molecule has 1 nitrogen and oxygen atoms in total. The first kappa shape index (κ1) is 33.8. The van der Waals surface area contributed by atoms with Crippen molar-refractivity contribution >= 4 is 38.6 Å². The number of nitrogens with zero attached hydrogens (tertiary/aromatic N) is 1. The van der Waals surface area contributed by atoms with E-state index in [-0.39, 0.29) is 0 Å². The van der Waals surface area contributed by atoms with Crippen LogP contribution in [0.5, 0.6) is 0 Å². The van der Waals surface area contributed by atoms with Crippen LogP contribution in [0.15, 0.2) is 237 Å². The van der Waals surface area contributed by atoms with E-state index in [1.54, 1.807) is 0 Å². The quantitative estimate of drug-likeness (QED) is 0.147.